The van der Waals surface area contributed by atoms with E-state index < -0.39 is 5.41 Å². The van der Waals surface area contributed by atoms with Crippen molar-refractivity contribution in [2.24, 2.45) is 0 Å². The fourth-order valence-electron chi connectivity index (χ4n) is 3.41. The highest BCUT2D eigenvalue weighted by Gasteiger charge is 2.28. The summed E-state index contributed by atoms with van der Waals surface area (Å²) in [7, 11) is 1.61. The summed E-state index contributed by atoms with van der Waals surface area (Å²) in [5.41, 5.74) is 2.07. The molecule has 1 unspecified atom stereocenters. The van der Waals surface area contributed by atoms with Gasteiger partial charge in [0.15, 0.2) is 0 Å². The smallest absolute Gasteiger partial charge is 0.251 e. The lowest BCUT2D eigenvalue weighted by Gasteiger charge is -2.22. The van der Waals surface area contributed by atoms with Crippen LogP contribution in [-0.4, -0.2) is 35.3 Å². The van der Waals surface area contributed by atoms with Gasteiger partial charge in [0.25, 0.3) is 5.56 Å². The molecule has 0 aliphatic carbocycles. The Bertz CT molecular complexity index is 1150. The molecule has 3 rings (SSSR count). The highest BCUT2D eigenvalue weighted by Crippen LogP contribution is 2.30. The molecule has 3 aromatic rings. The molecule has 1 aromatic carbocycles. The number of nitrogens with zero attached hydrogens (tertiary/aromatic N) is 3. The van der Waals surface area contributed by atoms with Crippen LogP contribution in [0, 0.1) is 18.3 Å². The molecule has 7 nitrogen and oxygen atoms in total. The van der Waals surface area contributed by atoms with Crippen molar-refractivity contribution in [3.63, 3.8) is 0 Å². The zero-order valence-corrected chi connectivity index (χ0v) is 17.8. The van der Waals surface area contributed by atoms with Crippen molar-refractivity contribution in [1.29, 1.82) is 5.26 Å². The van der Waals surface area contributed by atoms with E-state index in [9.17, 15) is 10.1 Å². The number of methoxy groups -OCH3 is 1. The van der Waals surface area contributed by atoms with E-state index in [0.29, 0.717) is 43.5 Å². The van der Waals surface area contributed by atoms with Crippen molar-refractivity contribution in [2.75, 3.05) is 20.3 Å². The van der Waals surface area contributed by atoms with Gasteiger partial charge in [-0.2, -0.15) is 10.2 Å². The zero-order valence-electron chi connectivity index (χ0n) is 17.8. The Labute approximate surface area is 175 Å². The first-order valence-corrected chi connectivity index (χ1v) is 9.92. The molecular formula is C23H26N4O3. The van der Waals surface area contributed by atoms with Crippen LogP contribution in [0.1, 0.15) is 36.5 Å². The van der Waals surface area contributed by atoms with E-state index in [2.05, 4.69) is 21.0 Å². The summed E-state index contributed by atoms with van der Waals surface area (Å²) in [5, 5.41) is 11.0. The molecule has 2 heterocycles. The minimum absolute atomic E-state index is 0.0925. The summed E-state index contributed by atoms with van der Waals surface area (Å²) in [6.45, 7) is 6.47. The van der Waals surface area contributed by atoms with Crippen molar-refractivity contribution in [2.45, 2.75) is 39.0 Å². The van der Waals surface area contributed by atoms with Crippen LogP contribution < -0.4 is 10.3 Å². The number of fused-ring (bicyclic) bond motifs is 1. The van der Waals surface area contributed by atoms with E-state index in [1.54, 1.807) is 20.1 Å². The van der Waals surface area contributed by atoms with Gasteiger partial charge in [-0.1, -0.05) is 19.1 Å². The molecule has 0 aliphatic rings. The number of ether oxygens (including phenoxy) is 2. The number of benzene rings is 1. The number of aromatic nitrogens is 3. The van der Waals surface area contributed by atoms with Crippen LogP contribution in [0.3, 0.4) is 0 Å². The van der Waals surface area contributed by atoms with Gasteiger partial charge in [-0.15, -0.1) is 0 Å². The summed E-state index contributed by atoms with van der Waals surface area (Å²) in [4.78, 5) is 23.9. The molecule has 0 bridgehead atoms. The molecule has 1 atom stereocenters. The third-order valence-corrected chi connectivity index (χ3v) is 5.13. The van der Waals surface area contributed by atoms with Crippen LogP contribution in [0.4, 0.5) is 0 Å². The molecule has 0 saturated carbocycles. The average Bonchev–Trinajstić information content (AvgIpc) is 2.72. The summed E-state index contributed by atoms with van der Waals surface area (Å²) < 4.78 is 10.6. The highest BCUT2D eigenvalue weighted by molar-refractivity contribution is 5.80. The van der Waals surface area contributed by atoms with E-state index in [4.69, 9.17) is 9.47 Å². The molecule has 0 spiro atoms. The van der Waals surface area contributed by atoms with Gasteiger partial charge < -0.3 is 14.5 Å². The lowest BCUT2D eigenvalue weighted by molar-refractivity contribution is 0.143. The van der Waals surface area contributed by atoms with Gasteiger partial charge in [-0.3, -0.25) is 4.79 Å². The Morgan fingerprint density at radius 3 is 2.70 bits per heavy atom. The highest BCUT2D eigenvalue weighted by atomic mass is 16.5. The van der Waals surface area contributed by atoms with Gasteiger partial charge in [0, 0.05) is 36.4 Å². The van der Waals surface area contributed by atoms with Crippen molar-refractivity contribution in [1.82, 2.24) is 15.0 Å². The first kappa shape index (κ1) is 21.5. The molecule has 7 heteroatoms. The molecule has 2 aromatic heterocycles. The van der Waals surface area contributed by atoms with Crippen LogP contribution >= 0.6 is 0 Å². The Morgan fingerprint density at radius 2 is 2.00 bits per heavy atom. The van der Waals surface area contributed by atoms with Gasteiger partial charge in [-0.25, -0.2) is 4.98 Å². The molecule has 156 valence electrons. The zero-order chi connectivity index (χ0) is 21.7. The molecule has 30 heavy (non-hydrogen) atoms. The van der Waals surface area contributed by atoms with Gasteiger partial charge in [-0.05, 0) is 43.4 Å². The second-order valence-corrected chi connectivity index (χ2v) is 7.49. The topological polar surface area (TPSA) is 101 Å². The van der Waals surface area contributed by atoms with Crippen molar-refractivity contribution < 1.29 is 9.47 Å². The van der Waals surface area contributed by atoms with Crippen molar-refractivity contribution in [3.8, 4) is 11.9 Å². The van der Waals surface area contributed by atoms with Crippen LogP contribution in [0.5, 0.6) is 5.88 Å². The normalized spacial score (nSPS) is 13.0. The number of aromatic amines is 1. The Kier molecular flexibility index (Phi) is 6.48. The van der Waals surface area contributed by atoms with E-state index in [-0.39, 0.29) is 5.56 Å². The maximum atomic E-state index is 12.2. The fraction of sp³-hybridized carbons (Fsp3) is 0.391. The lowest BCUT2D eigenvalue weighted by atomic mass is 9.79. The third kappa shape index (κ3) is 4.66. The number of pyridine rings is 1. The monoisotopic (exact) mass is 406 g/mol. The van der Waals surface area contributed by atoms with Crippen molar-refractivity contribution in [3.05, 3.63) is 63.3 Å². The van der Waals surface area contributed by atoms with Crippen LogP contribution in [0.25, 0.3) is 10.9 Å². The largest absolute Gasteiger partial charge is 0.475 e. The number of rotatable bonds is 8. The minimum atomic E-state index is -0.834. The third-order valence-electron chi connectivity index (χ3n) is 5.13. The standard InChI is InChI=1S/C23H26N4O3/c1-5-16-10-17-6-7-18(11-20(17)27-22(16)28)23(3,14-24)13-19-12-21(26-15(2)25-19)30-9-8-29-4/h6-7,10-12H,5,8-9,13H2,1-4H3,(H,27,28). The molecule has 0 aliphatic heterocycles. The van der Waals surface area contributed by atoms with E-state index >= 15 is 0 Å². The summed E-state index contributed by atoms with van der Waals surface area (Å²) >= 11 is 0. The molecule has 0 amide bonds. The quantitative estimate of drug-likeness (QED) is 0.576. The number of hydrogen-bond donors (Lipinski definition) is 1. The Balaban J connectivity index is 1.94. The number of H-pyrrole nitrogens is 1. The summed E-state index contributed by atoms with van der Waals surface area (Å²) in [6.07, 6.45) is 1.06. The second kappa shape index (κ2) is 9.06. The summed E-state index contributed by atoms with van der Waals surface area (Å²) in [6, 6.07) is 11.8. The first-order chi connectivity index (χ1) is 14.4. The van der Waals surface area contributed by atoms with E-state index in [1.807, 2.05) is 38.1 Å². The lowest BCUT2D eigenvalue weighted by Crippen LogP contribution is -2.24. The maximum absolute atomic E-state index is 12.2. The van der Waals surface area contributed by atoms with Gasteiger partial charge in [0.1, 0.15) is 12.4 Å². The minimum Gasteiger partial charge on any atom is -0.475 e. The summed E-state index contributed by atoms with van der Waals surface area (Å²) in [5.74, 6) is 1.04. The molecule has 0 fully saturated rings. The predicted molar refractivity (Wildman–Crippen MR) is 115 cm³/mol. The molecule has 0 radical (unpaired) electrons. The number of hydrogen-bond acceptors (Lipinski definition) is 6. The molecule has 0 saturated heterocycles. The fourth-order valence-corrected chi connectivity index (χ4v) is 3.41. The van der Waals surface area contributed by atoms with Crippen LogP contribution in [-0.2, 0) is 23.0 Å². The number of nitriles is 1. The SMILES string of the molecule is CCc1cc2ccc(C(C)(C#N)Cc3cc(OCCOC)nc(C)n3)cc2[nH]c1=O. The number of aryl methyl sites for hydroxylation is 2. The van der Waals surface area contributed by atoms with Crippen molar-refractivity contribution >= 4 is 10.9 Å². The van der Waals surface area contributed by atoms with Crippen LogP contribution in [0.15, 0.2) is 35.1 Å². The maximum Gasteiger partial charge on any atom is 0.251 e. The Hall–Kier alpha value is -3.24. The van der Waals surface area contributed by atoms with E-state index in [0.717, 1.165) is 22.0 Å². The number of nitrogens with one attached hydrogen (secondary N) is 1. The van der Waals surface area contributed by atoms with E-state index in [1.165, 1.54) is 0 Å². The first-order valence-electron chi connectivity index (χ1n) is 9.92. The molecular weight excluding hydrogens is 380 g/mol. The molecule has 1 N–H and O–H groups in total. The Morgan fingerprint density at radius 1 is 1.20 bits per heavy atom. The van der Waals surface area contributed by atoms with Gasteiger partial charge in [0.05, 0.1) is 18.1 Å². The van der Waals surface area contributed by atoms with Crippen LogP contribution in [0.2, 0.25) is 0 Å². The average molecular weight is 406 g/mol. The predicted octanol–water partition coefficient (Wildman–Crippen LogP) is 3.24. The van der Waals surface area contributed by atoms with Gasteiger partial charge >= 0.3 is 0 Å². The van der Waals surface area contributed by atoms with Gasteiger partial charge in [0.2, 0.25) is 5.88 Å². The second-order valence-electron chi connectivity index (χ2n) is 7.49.